The summed E-state index contributed by atoms with van der Waals surface area (Å²) in [6.45, 7) is -3.32. The van der Waals surface area contributed by atoms with Crippen LogP contribution >= 0.6 is 0 Å². The van der Waals surface area contributed by atoms with Gasteiger partial charge in [0.05, 0.1) is 12.0 Å². The van der Waals surface area contributed by atoms with Crippen LogP contribution in [0.2, 0.25) is 0 Å². The highest BCUT2D eigenvalue weighted by molar-refractivity contribution is 5.90. The van der Waals surface area contributed by atoms with Gasteiger partial charge in [-0.15, -0.1) is 0 Å². The van der Waals surface area contributed by atoms with Crippen LogP contribution in [0.1, 0.15) is 10.5 Å². The number of pyridine rings is 1. The molecule has 0 bridgehead atoms. The Kier molecular flexibility index (Phi) is 4.51. The third-order valence-corrected chi connectivity index (χ3v) is 2.01. The second-order valence-electron chi connectivity index (χ2n) is 3.09. The predicted octanol–water partition coefficient (Wildman–Crippen LogP) is 1.42. The van der Waals surface area contributed by atoms with Gasteiger partial charge in [-0.2, -0.15) is 13.8 Å². The molecule has 1 rings (SSSR count). The van der Waals surface area contributed by atoms with Crippen molar-refractivity contribution in [3.05, 3.63) is 21.9 Å². The molecule has 10 heteroatoms. The van der Waals surface area contributed by atoms with Crippen LogP contribution in [0.3, 0.4) is 0 Å². The smallest absolute Gasteiger partial charge is 0.388 e. The number of halogens is 2. The molecule has 1 aromatic heterocycles. The van der Waals surface area contributed by atoms with Crippen molar-refractivity contribution in [2.24, 2.45) is 0 Å². The molecule has 1 aromatic rings. The molecule has 0 spiro atoms. The molecular formula is C9H9F2N3O5. The van der Waals surface area contributed by atoms with Gasteiger partial charge in [0.15, 0.2) is 5.69 Å². The zero-order chi connectivity index (χ0) is 14.6. The summed E-state index contributed by atoms with van der Waals surface area (Å²) in [4.78, 5) is 24.5. The van der Waals surface area contributed by atoms with Gasteiger partial charge in [0.2, 0.25) is 0 Å². The normalized spacial score (nSPS) is 10.2. The molecule has 0 unspecified atom stereocenters. The number of esters is 1. The number of aromatic nitrogens is 1. The van der Waals surface area contributed by atoms with E-state index in [0.29, 0.717) is 0 Å². The minimum absolute atomic E-state index is 0.198. The van der Waals surface area contributed by atoms with E-state index in [2.05, 4.69) is 19.8 Å². The lowest BCUT2D eigenvalue weighted by Crippen LogP contribution is -2.12. The fourth-order valence-electron chi connectivity index (χ4n) is 1.26. The Morgan fingerprint density at radius 2 is 2.21 bits per heavy atom. The average Bonchev–Trinajstić information content (AvgIpc) is 2.35. The molecule has 104 valence electrons. The molecule has 0 fully saturated rings. The van der Waals surface area contributed by atoms with Crippen LogP contribution < -0.4 is 10.1 Å². The third kappa shape index (κ3) is 3.24. The van der Waals surface area contributed by atoms with Crippen molar-refractivity contribution in [2.75, 3.05) is 19.5 Å². The lowest BCUT2D eigenvalue weighted by atomic mass is 10.2. The lowest BCUT2D eigenvalue weighted by molar-refractivity contribution is -0.385. The number of methoxy groups -OCH3 is 1. The summed E-state index contributed by atoms with van der Waals surface area (Å²) >= 11 is 0. The van der Waals surface area contributed by atoms with Crippen molar-refractivity contribution >= 4 is 17.3 Å². The minimum atomic E-state index is -3.32. The number of carbonyl (C=O) groups is 1. The Bertz CT molecular complexity index is 509. The van der Waals surface area contributed by atoms with E-state index in [4.69, 9.17) is 0 Å². The maximum atomic E-state index is 12.2. The molecule has 8 nitrogen and oxygen atoms in total. The van der Waals surface area contributed by atoms with E-state index in [1.165, 1.54) is 7.05 Å². The van der Waals surface area contributed by atoms with Crippen molar-refractivity contribution in [2.45, 2.75) is 6.61 Å². The molecule has 0 aromatic carbocycles. The number of hydrogen-bond acceptors (Lipinski definition) is 7. The molecule has 1 N–H and O–H groups in total. The molecule has 1 heterocycles. The first kappa shape index (κ1) is 14.5. The molecule has 0 aliphatic rings. The monoisotopic (exact) mass is 277 g/mol. The largest absolute Gasteiger partial charge is 0.464 e. The van der Waals surface area contributed by atoms with Crippen LogP contribution in [0.15, 0.2) is 6.07 Å². The molecule has 19 heavy (non-hydrogen) atoms. The van der Waals surface area contributed by atoms with Crippen molar-refractivity contribution in [3.63, 3.8) is 0 Å². The van der Waals surface area contributed by atoms with Gasteiger partial charge in [0.25, 0.3) is 0 Å². The van der Waals surface area contributed by atoms with Gasteiger partial charge in [0.1, 0.15) is 5.69 Å². The average molecular weight is 277 g/mol. The van der Waals surface area contributed by atoms with Crippen molar-refractivity contribution in [1.82, 2.24) is 4.98 Å². The first-order valence-corrected chi connectivity index (χ1v) is 4.81. The number of rotatable bonds is 5. The molecule has 0 saturated heterocycles. The number of nitrogens with zero attached hydrogens (tertiary/aromatic N) is 2. The van der Waals surface area contributed by atoms with Gasteiger partial charge in [-0.3, -0.25) is 10.1 Å². The second kappa shape index (κ2) is 5.89. The summed E-state index contributed by atoms with van der Waals surface area (Å²) in [6.07, 6.45) is 0. The van der Waals surface area contributed by atoms with Gasteiger partial charge in [-0.25, -0.2) is 4.79 Å². The number of hydrogen-bond donors (Lipinski definition) is 1. The number of nitrogens with one attached hydrogen (secondary N) is 1. The first-order chi connectivity index (χ1) is 8.90. The summed E-state index contributed by atoms with van der Waals surface area (Å²) < 4.78 is 32.7. The van der Waals surface area contributed by atoms with E-state index in [1.807, 2.05) is 0 Å². The van der Waals surface area contributed by atoms with E-state index < -0.39 is 34.8 Å². The summed E-state index contributed by atoms with van der Waals surface area (Å²) in [7, 11) is 2.37. The quantitative estimate of drug-likeness (QED) is 0.493. The highest BCUT2D eigenvalue weighted by Crippen LogP contribution is 2.34. The van der Waals surface area contributed by atoms with E-state index in [0.717, 1.165) is 13.2 Å². The van der Waals surface area contributed by atoms with Crippen LogP contribution in [0.25, 0.3) is 0 Å². The van der Waals surface area contributed by atoms with Crippen molar-refractivity contribution < 1.29 is 28.0 Å². The van der Waals surface area contributed by atoms with Crippen LogP contribution in [0, 0.1) is 10.1 Å². The van der Waals surface area contributed by atoms with Crippen molar-refractivity contribution in [3.8, 4) is 5.88 Å². The summed E-state index contributed by atoms with van der Waals surface area (Å²) in [5, 5.41) is 13.2. The topological polar surface area (TPSA) is 104 Å². The highest BCUT2D eigenvalue weighted by atomic mass is 19.3. The Hall–Kier alpha value is -2.52. The van der Waals surface area contributed by atoms with Crippen LogP contribution in [-0.4, -0.2) is 36.6 Å². The predicted molar refractivity (Wildman–Crippen MR) is 58.4 cm³/mol. The Morgan fingerprint density at radius 3 is 2.63 bits per heavy atom. The van der Waals surface area contributed by atoms with Gasteiger partial charge in [0, 0.05) is 13.1 Å². The van der Waals surface area contributed by atoms with E-state index in [9.17, 15) is 23.7 Å². The van der Waals surface area contributed by atoms with Gasteiger partial charge >= 0.3 is 24.1 Å². The number of nitro groups is 1. The zero-order valence-corrected chi connectivity index (χ0v) is 9.85. The van der Waals surface area contributed by atoms with Gasteiger partial charge in [-0.1, -0.05) is 0 Å². The van der Waals surface area contributed by atoms with Crippen LogP contribution in [0.4, 0.5) is 20.2 Å². The van der Waals surface area contributed by atoms with Gasteiger partial charge < -0.3 is 14.8 Å². The van der Waals surface area contributed by atoms with Crippen LogP contribution in [-0.2, 0) is 4.74 Å². The van der Waals surface area contributed by atoms with E-state index in [-0.39, 0.29) is 5.69 Å². The fourth-order valence-corrected chi connectivity index (χ4v) is 1.26. The standard InChI is InChI=1S/C9H9F2N3O5/c1-12-4-3-5(8(15)18-2)13-7(19-9(10)11)6(4)14(16)17/h3,9H,1-2H3,(H,12,13). The number of ether oxygens (including phenoxy) is 2. The van der Waals surface area contributed by atoms with Crippen LogP contribution in [0.5, 0.6) is 5.88 Å². The number of anilines is 1. The zero-order valence-electron chi connectivity index (χ0n) is 9.85. The Morgan fingerprint density at radius 1 is 1.58 bits per heavy atom. The maximum Gasteiger partial charge on any atom is 0.388 e. The Balaban J connectivity index is 3.44. The maximum absolute atomic E-state index is 12.2. The first-order valence-electron chi connectivity index (χ1n) is 4.81. The minimum Gasteiger partial charge on any atom is -0.464 e. The molecule has 0 saturated carbocycles. The molecule has 0 atom stereocenters. The fraction of sp³-hybridized carbons (Fsp3) is 0.333. The summed E-state index contributed by atoms with van der Waals surface area (Å²) in [6, 6.07) is 1.00. The third-order valence-electron chi connectivity index (χ3n) is 2.01. The number of alkyl halides is 2. The van der Waals surface area contributed by atoms with E-state index in [1.54, 1.807) is 0 Å². The van der Waals surface area contributed by atoms with E-state index >= 15 is 0 Å². The van der Waals surface area contributed by atoms with Gasteiger partial charge in [-0.05, 0) is 0 Å². The summed E-state index contributed by atoms with van der Waals surface area (Å²) in [5.41, 5.74) is -1.39. The second-order valence-corrected chi connectivity index (χ2v) is 3.09. The Labute approximate surface area is 105 Å². The van der Waals surface area contributed by atoms with Crippen molar-refractivity contribution in [1.29, 1.82) is 0 Å². The molecular weight excluding hydrogens is 268 g/mol. The molecule has 0 aliphatic heterocycles. The molecule has 0 amide bonds. The molecule has 0 radical (unpaired) electrons. The molecule has 0 aliphatic carbocycles. The lowest BCUT2D eigenvalue weighted by Gasteiger charge is -2.09. The highest BCUT2D eigenvalue weighted by Gasteiger charge is 2.28. The summed E-state index contributed by atoms with van der Waals surface area (Å²) in [5.74, 6) is -1.90. The SMILES string of the molecule is CNc1cc(C(=O)OC)nc(OC(F)F)c1[N+](=O)[O-]. The number of carbonyl (C=O) groups excluding carboxylic acids is 1.